The Bertz CT molecular complexity index is 1100. The third kappa shape index (κ3) is 12.5. The average molecular weight is 665 g/mol. The third-order valence-electron chi connectivity index (χ3n) is 12.0. The second kappa shape index (κ2) is 21.0. The minimum atomic E-state index is -0.458. The van der Waals surface area contributed by atoms with Crippen LogP contribution in [0.3, 0.4) is 0 Å². The molecule has 0 spiro atoms. The number of aliphatic hydroxyl groups is 1. The van der Waals surface area contributed by atoms with E-state index in [0.717, 1.165) is 57.8 Å². The molecule has 0 saturated heterocycles. The fourth-order valence-corrected chi connectivity index (χ4v) is 9.11. The van der Waals surface area contributed by atoms with Crippen LogP contribution in [0.5, 0.6) is 0 Å². The lowest BCUT2D eigenvalue weighted by atomic mass is 9.53. The van der Waals surface area contributed by atoms with Gasteiger partial charge in [0.25, 0.3) is 0 Å². The van der Waals surface area contributed by atoms with Crippen molar-refractivity contribution in [2.75, 3.05) is 6.61 Å². The number of unbranched alkanes of at least 4 members (excludes halogenated alkanes) is 2. The van der Waals surface area contributed by atoms with Crippen LogP contribution in [0, 0.1) is 40.9 Å². The summed E-state index contributed by atoms with van der Waals surface area (Å²) in [5, 5.41) is 11.4. The number of fused-ring (bicyclic) bond motifs is 3. The number of rotatable bonds is 18. The highest BCUT2D eigenvalue weighted by Crippen LogP contribution is 2.57. The summed E-state index contributed by atoms with van der Waals surface area (Å²) in [4.78, 5) is 24.7. The van der Waals surface area contributed by atoms with E-state index in [9.17, 15) is 14.7 Å². The highest BCUT2D eigenvalue weighted by Gasteiger charge is 2.51. The number of ether oxygens (including phenoxy) is 2. The molecule has 0 bridgehead atoms. The van der Waals surface area contributed by atoms with Crippen LogP contribution >= 0.6 is 0 Å². The Balaban J connectivity index is 1.46. The summed E-state index contributed by atoms with van der Waals surface area (Å²) in [6.45, 7) is 17.4. The topological polar surface area (TPSA) is 72.8 Å². The van der Waals surface area contributed by atoms with Crippen molar-refractivity contribution in [1.29, 1.82) is 0 Å². The zero-order valence-electron chi connectivity index (χ0n) is 30.9. The van der Waals surface area contributed by atoms with Gasteiger partial charge in [0.05, 0.1) is 12.7 Å². The zero-order chi connectivity index (χ0) is 34.9. The maximum atomic E-state index is 12.6. The SMILES string of the molecule is C=C/C=C/CCCC(=O)OC[C@@H](C)CCC[C@@H](C)[C@H]1CCCC2=C[C@H](O)C3C[C@@H](OC(=O)CCC/C=C/C=C)CC[C@]3(C)[C@H]2CC[C@@H]1C. The molecule has 1 unspecified atom stereocenters. The number of carbonyl (C=O) groups excluding carboxylic acids is 2. The van der Waals surface area contributed by atoms with Crippen molar-refractivity contribution >= 4 is 11.9 Å². The van der Waals surface area contributed by atoms with Crippen LogP contribution in [-0.2, 0) is 19.1 Å². The van der Waals surface area contributed by atoms with E-state index in [1.165, 1.54) is 44.1 Å². The van der Waals surface area contributed by atoms with E-state index in [2.05, 4.69) is 46.9 Å². The Morgan fingerprint density at radius 1 is 0.979 bits per heavy atom. The Kier molecular flexibility index (Phi) is 17.5. The van der Waals surface area contributed by atoms with E-state index in [-0.39, 0.29) is 29.4 Å². The van der Waals surface area contributed by atoms with Crippen molar-refractivity contribution < 1.29 is 24.2 Å². The minimum Gasteiger partial charge on any atom is -0.465 e. The first-order valence-electron chi connectivity index (χ1n) is 19.4. The average Bonchev–Trinajstić information content (AvgIpc) is 3.13. The van der Waals surface area contributed by atoms with E-state index < -0.39 is 6.10 Å². The standard InChI is InChI=1S/C43H68O5/c1-7-9-11-13-15-23-41(45)47-31-32(3)19-17-20-33(4)37-22-18-21-35-29-40(44)39-30-36(48-42(46)24-16-14-12-10-8-2)27-28-43(39,6)38(35)26-25-34(37)5/h7-12,29,32-34,36-40,44H,1-2,13-28,30-31H2,3-6H3/b11-9+,12-10+/t32-,33+,34-,36-,37+,38-,39?,40-,43+/m0/s1. The van der Waals surface area contributed by atoms with Crippen LogP contribution in [-0.4, -0.2) is 35.9 Å². The highest BCUT2D eigenvalue weighted by atomic mass is 16.5. The van der Waals surface area contributed by atoms with E-state index in [4.69, 9.17) is 9.47 Å². The first-order valence-corrected chi connectivity index (χ1v) is 19.4. The quantitative estimate of drug-likeness (QED) is 0.0683. The van der Waals surface area contributed by atoms with Crippen molar-refractivity contribution in [3.05, 3.63) is 61.3 Å². The van der Waals surface area contributed by atoms with Crippen LogP contribution in [0.2, 0.25) is 0 Å². The normalized spacial score (nSPS) is 30.6. The van der Waals surface area contributed by atoms with Gasteiger partial charge in [-0.3, -0.25) is 9.59 Å². The highest BCUT2D eigenvalue weighted by molar-refractivity contribution is 5.69. The molecule has 5 heteroatoms. The van der Waals surface area contributed by atoms with Crippen molar-refractivity contribution in [2.24, 2.45) is 40.9 Å². The monoisotopic (exact) mass is 665 g/mol. The molecular weight excluding hydrogens is 596 g/mol. The van der Waals surface area contributed by atoms with Gasteiger partial charge in [0.2, 0.25) is 0 Å². The van der Waals surface area contributed by atoms with Gasteiger partial charge in [0.15, 0.2) is 0 Å². The lowest BCUT2D eigenvalue weighted by Gasteiger charge is -2.54. The van der Waals surface area contributed by atoms with Gasteiger partial charge in [0.1, 0.15) is 6.10 Å². The fraction of sp³-hybridized carbons (Fsp3) is 0.721. The molecule has 0 aromatic carbocycles. The summed E-state index contributed by atoms with van der Waals surface area (Å²) in [6, 6.07) is 0. The van der Waals surface area contributed by atoms with Crippen LogP contribution in [0.15, 0.2) is 61.3 Å². The Morgan fingerprint density at radius 2 is 1.67 bits per heavy atom. The minimum absolute atomic E-state index is 0.0508. The van der Waals surface area contributed by atoms with E-state index in [0.29, 0.717) is 49.0 Å². The van der Waals surface area contributed by atoms with Gasteiger partial charge in [-0.05, 0) is 124 Å². The van der Waals surface area contributed by atoms with Gasteiger partial charge in [-0.1, -0.05) is 102 Å². The molecule has 0 radical (unpaired) electrons. The molecule has 2 fully saturated rings. The van der Waals surface area contributed by atoms with Gasteiger partial charge < -0.3 is 14.6 Å². The molecule has 5 nitrogen and oxygen atoms in total. The van der Waals surface area contributed by atoms with Gasteiger partial charge in [-0.2, -0.15) is 0 Å². The number of esters is 2. The van der Waals surface area contributed by atoms with E-state index in [1.807, 2.05) is 24.3 Å². The smallest absolute Gasteiger partial charge is 0.306 e. The Labute approximate surface area is 293 Å². The van der Waals surface area contributed by atoms with E-state index >= 15 is 0 Å². The van der Waals surface area contributed by atoms with Crippen molar-refractivity contribution in [3.8, 4) is 0 Å². The zero-order valence-corrected chi connectivity index (χ0v) is 30.9. The number of hydrogen-bond donors (Lipinski definition) is 1. The van der Waals surface area contributed by atoms with Crippen molar-refractivity contribution in [2.45, 2.75) is 149 Å². The largest absolute Gasteiger partial charge is 0.465 e. The molecule has 270 valence electrons. The van der Waals surface area contributed by atoms with Gasteiger partial charge in [-0.25, -0.2) is 0 Å². The molecule has 0 amide bonds. The number of allylic oxidation sites excluding steroid dienone is 7. The molecule has 3 aliphatic rings. The summed E-state index contributed by atoms with van der Waals surface area (Å²) >= 11 is 0. The number of carbonyl (C=O) groups is 2. The van der Waals surface area contributed by atoms with E-state index in [1.54, 1.807) is 12.2 Å². The second-order valence-corrected chi connectivity index (χ2v) is 15.7. The van der Waals surface area contributed by atoms with Crippen LogP contribution < -0.4 is 0 Å². The number of aliphatic hydroxyl groups excluding tert-OH is 1. The summed E-state index contributed by atoms with van der Waals surface area (Å²) in [5.74, 6) is 2.90. The van der Waals surface area contributed by atoms with Gasteiger partial charge in [0, 0.05) is 12.8 Å². The molecule has 0 aliphatic heterocycles. The third-order valence-corrected chi connectivity index (χ3v) is 12.0. The molecule has 0 aromatic rings. The molecule has 1 N–H and O–H groups in total. The lowest BCUT2D eigenvalue weighted by molar-refractivity contribution is -0.157. The summed E-state index contributed by atoms with van der Waals surface area (Å²) in [7, 11) is 0. The first kappa shape index (κ1) is 40.0. The molecule has 2 saturated carbocycles. The predicted octanol–water partition coefficient (Wildman–Crippen LogP) is 10.6. The van der Waals surface area contributed by atoms with Crippen LogP contribution in [0.1, 0.15) is 137 Å². The first-order chi connectivity index (χ1) is 23.1. The summed E-state index contributed by atoms with van der Waals surface area (Å²) in [5.41, 5.74) is 1.54. The molecule has 3 aliphatic carbocycles. The second-order valence-electron chi connectivity index (χ2n) is 15.7. The lowest BCUT2D eigenvalue weighted by Crippen LogP contribution is -2.50. The molecule has 0 heterocycles. The Morgan fingerprint density at radius 3 is 2.35 bits per heavy atom. The molecule has 3 rings (SSSR count). The van der Waals surface area contributed by atoms with Gasteiger partial charge in [-0.15, -0.1) is 0 Å². The number of hydrogen-bond acceptors (Lipinski definition) is 5. The maximum Gasteiger partial charge on any atom is 0.306 e. The summed E-state index contributed by atoms with van der Waals surface area (Å²) < 4.78 is 11.5. The predicted molar refractivity (Wildman–Crippen MR) is 198 cm³/mol. The molecule has 0 aromatic heterocycles. The van der Waals surface area contributed by atoms with Crippen molar-refractivity contribution in [1.82, 2.24) is 0 Å². The fourth-order valence-electron chi connectivity index (χ4n) is 9.11. The van der Waals surface area contributed by atoms with Crippen LogP contribution in [0.25, 0.3) is 0 Å². The Hall–Kier alpha value is -2.40. The van der Waals surface area contributed by atoms with Crippen molar-refractivity contribution in [3.63, 3.8) is 0 Å². The molecular formula is C43H68O5. The van der Waals surface area contributed by atoms with Crippen LogP contribution in [0.4, 0.5) is 0 Å². The maximum absolute atomic E-state index is 12.6. The van der Waals surface area contributed by atoms with Gasteiger partial charge >= 0.3 is 11.9 Å². The molecule has 9 atom stereocenters. The summed E-state index contributed by atoms with van der Waals surface area (Å²) in [6.07, 6.45) is 29.4. The molecule has 48 heavy (non-hydrogen) atoms.